The summed E-state index contributed by atoms with van der Waals surface area (Å²) in [5.74, 6) is 1.71. The molecule has 7 nitrogen and oxygen atoms in total. The first-order valence-electron chi connectivity index (χ1n) is 10.2. The van der Waals surface area contributed by atoms with Crippen LogP contribution in [-0.4, -0.2) is 25.2 Å². The number of benzene rings is 1. The minimum absolute atomic E-state index is 0.239. The van der Waals surface area contributed by atoms with Crippen molar-refractivity contribution in [1.29, 1.82) is 0 Å². The van der Waals surface area contributed by atoms with E-state index in [4.69, 9.17) is 21.1 Å². The Kier molecular flexibility index (Phi) is 4.90. The molecule has 1 N–H and O–H groups in total. The van der Waals surface area contributed by atoms with Crippen molar-refractivity contribution in [1.82, 2.24) is 24.6 Å². The number of nitrogens with one attached hydrogen (secondary N) is 1. The van der Waals surface area contributed by atoms with Crippen molar-refractivity contribution >= 4 is 17.5 Å². The van der Waals surface area contributed by atoms with Crippen molar-refractivity contribution in [3.8, 4) is 11.3 Å². The zero-order valence-corrected chi connectivity index (χ0v) is 18.1. The van der Waals surface area contributed by atoms with Gasteiger partial charge in [0.25, 0.3) is 5.91 Å². The lowest BCUT2D eigenvalue weighted by molar-refractivity contribution is 0.0919. The highest BCUT2D eigenvalue weighted by Gasteiger charge is 2.29. The van der Waals surface area contributed by atoms with Crippen LogP contribution < -0.4 is 5.32 Å². The van der Waals surface area contributed by atoms with Gasteiger partial charge < -0.3 is 14.3 Å². The van der Waals surface area contributed by atoms with Crippen molar-refractivity contribution < 1.29 is 9.21 Å². The molecule has 1 aliphatic carbocycles. The highest BCUT2D eigenvalue weighted by molar-refractivity contribution is 6.30. The normalized spacial score (nSPS) is 12.5. The van der Waals surface area contributed by atoms with Crippen molar-refractivity contribution in [2.24, 2.45) is 7.05 Å². The van der Waals surface area contributed by atoms with Crippen LogP contribution in [0.1, 0.15) is 38.8 Å². The van der Waals surface area contributed by atoms with Crippen LogP contribution in [0, 0.1) is 6.92 Å². The highest BCUT2D eigenvalue weighted by atomic mass is 35.5. The van der Waals surface area contributed by atoms with Crippen molar-refractivity contribution in [3.63, 3.8) is 0 Å². The maximum absolute atomic E-state index is 12.8. The number of hydrogen-bond donors (Lipinski definition) is 1. The molecule has 0 bridgehead atoms. The van der Waals surface area contributed by atoms with E-state index in [-0.39, 0.29) is 5.91 Å². The SMILES string of the molecule is Cc1c(C(=O)NCc2nccn2C)oc2c1-c1nn(Cc3ccc(Cl)cc3)cc1CC2. The number of carbonyl (C=O) groups is 1. The molecular weight excluding hydrogens is 414 g/mol. The summed E-state index contributed by atoms with van der Waals surface area (Å²) in [6.07, 6.45) is 7.23. The van der Waals surface area contributed by atoms with E-state index in [0.717, 1.165) is 51.8 Å². The Hall–Kier alpha value is -3.32. The second-order valence-corrected chi connectivity index (χ2v) is 8.25. The minimum Gasteiger partial charge on any atom is -0.455 e. The van der Waals surface area contributed by atoms with Crippen LogP contribution in [0.3, 0.4) is 0 Å². The molecule has 0 saturated carbocycles. The second-order valence-electron chi connectivity index (χ2n) is 7.82. The molecule has 3 heterocycles. The van der Waals surface area contributed by atoms with E-state index in [1.807, 2.05) is 53.7 Å². The minimum atomic E-state index is -0.239. The number of amides is 1. The van der Waals surface area contributed by atoms with Gasteiger partial charge in [-0.2, -0.15) is 5.10 Å². The molecule has 0 radical (unpaired) electrons. The third-order valence-corrected chi connectivity index (χ3v) is 5.96. The summed E-state index contributed by atoms with van der Waals surface area (Å²) in [6, 6.07) is 7.77. The Morgan fingerprint density at radius 1 is 1.26 bits per heavy atom. The standard InChI is InChI=1S/C23H22ClN5O2/c1-14-20-18(31-22(14)23(30)26-11-19-25-9-10-28(19)2)8-5-16-13-29(27-21(16)20)12-15-3-6-17(24)7-4-15/h3-4,6-7,9-10,13H,5,8,11-12H2,1-2H3,(H,26,30). The first kappa shape index (κ1) is 19.6. The number of hydrogen-bond acceptors (Lipinski definition) is 4. The molecule has 158 valence electrons. The Morgan fingerprint density at radius 2 is 2.06 bits per heavy atom. The number of aryl methyl sites for hydroxylation is 3. The molecule has 1 amide bonds. The molecule has 0 aliphatic heterocycles. The van der Waals surface area contributed by atoms with Gasteiger partial charge in [-0.25, -0.2) is 4.98 Å². The van der Waals surface area contributed by atoms with Crippen LogP contribution in [0.5, 0.6) is 0 Å². The number of fused-ring (bicyclic) bond motifs is 3. The first-order chi connectivity index (χ1) is 15.0. The zero-order valence-electron chi connectivity index (χ0n) is 17.4. The third kappa shape index (κ3) is 3.65. The Labute approximate surface area is 184 Å². The number of carbonyl (C=O) groups excluding carboxylic acids is 1. The Morgan fingerprint density at radius 3 is 2.81 bits per heavy atom. The smallest absolute Gasteiger partial charge is 0.287 e. The summed E-state index contributed by atoms with van der Waals surface area (Å²) in [6.45, 7) is 2.92. The van der Waals surface area contributed by atoms with Crippen LogP contribution in [0.15, 0.2) is 47.3 Å². The number of nitrogens with zero attached hydrogens (tertiary/aromatic N) is 4. The van der Waals surface area contributed by atoms with Gasteiger partial charge in [0.2, 0.25) is 0 Å². The van der Waals surface area contributed by atoms with Crippen LogP contribution in [0.4, 0.5) is 0 Å². The second kappa shape index (κ2) is 7.74. The average molecular weight is 436 g/mol. The van der Waals surface area contributed by atoms with E-state index >= 15 is 0 Å². The van der Waals surface area contributed by atoms with E-state index in [1.165, 1.54) is 5.56 Å². The summed E-state index contributed by atoms with van der Waals surface area (Å²) < 4.78 is 9.81. The molecule has 3 aromatic heterocycles. The van der Waals surface area contributed by atoms with Crippen LogP contribution in [0.2, 0.25) is 5.02 Å². The van der Waals surface area contributed by atoms with E-state index < -0.39 is 0 Å². The van der Waals surface area contributed by atoms with Crippen LogP contribution in [-0.2, 0) is 33.0 Å². The average Bonchev–Trinajstić information content (AvgIpc) is 3.44. The Balaban J connectivity index is 1.39. The summed E-state index contributed by atoms with van der Waals surface area (Å²) in [4.78, 5) is 17.0. The lowest BCUT2D eigenvalue weighted by Crippen LogP contribution is -2.24. The van der Waals surface area contributed by atoms with Crippen LogP contribution in [0.25, 0.3) is 11.3 Å². The molecule has 0 fully saturated rings. The number of rotatable bonds is 5. The monoisotopic (exact) mass is 435 g/mol. The lowest BCUT2D eigenvalue weighted by atomic mass is 9.93. The molecule has 1 aliphatic rings. The van der Waals surface area contributed by atoms with E-state index in [1.54, 1.807) is 6.20 Å². The summed E-state index contributed by atoms with van der Waals surface area (Å²) in [5.41, 5.74) is 4.97. The lowest BCUT2D eigenvalue weighted by Gasteiger charge is -2.09. The number of halogens is 1. The Bertz CT molecular complexity index is 1270. The third-order valence-electron chi connectivity index (χ3n) is 5.71. The van der Waals surface area contributed by atoms with Crippen molar-refractivity contribution in [2.75, 3.05) is 0 Å². The number of imidazole rings is 1. The zero-order chi connectivity index (χ0) is 21.5. The number of furan rings is 1. The quantitative estimate of drug-likeness (QED) is 0.515. The van der Waals surface area contributed by atoms with Gasteiger partial charge in [0, 0.05) is 48.2 Å². The summed E-state index contributed by atoms with van der Waals surface area (Å²) in [5, 5.41) is 8.44. The molecule has 0 spiro atoms. The molecule has 1 aromatic carbocycles. The summed E-state index contributed by atoms with van der Waals surface area (Å²) in [7, 11) is 1.90. The fourth-order valence-electron chi connectivity index (χ4n) is 4.04. The topological polar surface area (TPSA) is 77.9 Å². The van der Waals surface area contributed by atoms with Gasteiger partial charge in [0.1, 0.15) is 11.6 Å². The van der Waals surface area contributed by atoms with Gasteiger partial charge in [-0.15, -0.1) is 0 Å². The van der Waals surface area contributed by atoms with Gasteiger partial charge in [-0.05, 0) is 36.6 Å². The maximum Gasteiger partial charge on any atom is 0.287 e. The number of aromatic nitrogens is 4. The van der Waals surface area contributed by atoms with Gasteiger partial charge in [0.05, 0.1) is 18.8 Å². The fourth-order valence-corrected chi connectivity index (χ4v) is 4.17. The van der Waals surface area contributed by atoms with Gasteiger partial charge in [-0.3, -0.25) is 9.48 Å². The molecule has 31 heavy (non-hydrogen) atoms. The van der Waals surface area contributed by atoms with E-state index in [2.05, 4.69) is 16.5 Å². The van der Waals surface area contributed by atoms with E-state index in [0.29, 0.717) is 18.8 Å². The van der Waals surface area contributed by atoms with Crippen molar-refractivity contribution in [3.05, 3.63) is 81.9 Å². The first-order valence-corrected chi connectivity index (χ1v) is 10.5. The molecule has 0 unspecified atom stereocenters. The molecule has 8 heteroatoms. The fraction of sp³-hybridized carbons (Fsp3) is 0.261. The van der Waals surface area contributed by atoms with Gasteiger partial charge in [0.15, 0.2) is 5.76 Å². The molecule has 4 aromatic rings. The van der Waals surface area contributed by atoms with Crippen LogP contribution >= 0.6 is 11.6 Å². The summed E-state index contributed by atoms with van der Waals surface area (Å²) >= 11 is 5.99. The largest absolute Gasteiger partial charge is 0.455 e. The van der Waals surface area contributed by atoms with E-state index in [9.17, 15) is 4.79 Å². The maximum atomic E-state index is 12.8. The predicted octanol–water partition coefficient (Wildman–Crippen LogP) is 3.92. The van der Waals surface area contributed by atoms with Crippen molar-refractivity contribution in [2.45, 2.75) is 32.9 Å². The molecule has 5 rings (SSSR count). The van der Waals surface area contributed by atoms with Gasteiger partial charge in [-0.1, -0.05) is 23.7 Å². The highest BCUT2D eigenvalue weighted by Crippen LogP contribution is 2.38. The predicted molar refractivity (Wildman–Crippen MR) is 117 cm³/mol. The van der Waals surface area contributed by atoms with Gasteiger partial charge >= 0.3 is 0 Å². The molecular formula is C23H22ClN5O2. The molecule has 0 saturated heterocycles. The molecule has 0 atom stereocenters.